The average Bonchev–Trinajstić information content (AvgIpc) is 2.87. The third-order valence-electron chi connectivity index (χ3n) is 2.91. The van der Waals surface area contributed by atoms with Crippen molar-refractivity contribution < 1.29 is 9.59 Å². The van der Waals surface area contributed by atoms with Gasteiger partial charge in [-0.3, -0.25) is 20.4 Å². The summed E-state index contributed by atoms with van der Waals surface area (Å²) >= 11 is 7.10. The van der Waals surface area contributed by atoms with Crippen LogP contribution >= 0.6 is 22.9 Å². The highest BCUT2D eigenvalue weighted by Crippen LogP contribution is 2.24. The van der Waals surface area contributed by atoms with E-state index in [0.29, 0.717) is 21.2 Å². The molecule has 0 aliphatic rings. The van der Waals surface area contributed by atoms with Gasteiger partial charge in [-0.1, -0.05) is 25.4 Å². The minimum atomic E-state index is -0.406. The Hall–Kier alpha value is -1.92. The highest BCUT2D eigenvalue weighted by atomic mass is 35.5. The van der Waals surface area contributed by atoms with Crippen LogP contribution in [0.1, 0.15) is 50.5 Å². The number of rotatable bonds is 3. The highest BCUT2D eigenvalue weighted by Gasteiger charge is 2.17. The molecule has 0 saturated carbocycles. The fourth-order valence-corrected chi connectivity index (χ4v) is 2.81. The maximum absolute atomic E-state index is 12.1. The maximum Gasteiger partial charge on any atom is 0.281 e. The number of carbonyl (C=O) groups excluding carboxylic acids is 2. The number of thiazole rings is 1. The largest absolute Gasteiger partial charge is 0.281 e. The van der Waals surface area contributed by atoms with Crippen LogP contribution in [0.4, 0.5) is 0 Å². The van der Waals surface area contributed by atoms with Gasteiger partial charge in [0.1, 0.15) is 4.88 Å². The number of amides is 2. The zero-order valence-corrected chi connectivity index (χ0v) is 14.0. The quantitative estimate of drug-likeness (QED) is 0.844. The molecule has 22 heavy (non-hydrogen) atoms. The highest BCUT2D eigenvalue weighted by molar-refractivity contribution is 7.13. The number of halogens is 1. The lowest BCUT2D eigenvalue weighted by atomic mass is 10.2. The SMILES string of the molecule is Cc1nc(C(C)C)sc1C(=O)NNC(=O)c1ccc(Cl)cc1. The number of nitrogens with one attached hydrogen (secondary N) is 2. The maximum atomic E-state index is 12.1. The van der Waals surface area contributed by atoms with Gasteiger partial charge in [0.15, 0.2) is 0 Å². The third kappa shape index (κ3) is 3.84. The zero-order valence-electron chi connectivity index (χ0n) is 12.4. The zero-order chi connectivity index (χ0) is 16.3. The molecule has 2 N–H and O–H groups in total. The summed E-state index contributed by atoms with van der Waals surface area (Å²) in [5.41, 5.74) is 5.85. The van der Waals surface area contributed by atoms with Gasteiger partial charge in [0.2, 0.25) is 0 Å². The Balaban J connectivity index is 2.00. The van der Waals surface area contributed by atoms with E-state index in [1.807, 2.05) is 13.8 Å². The summed E-state index contributed by atoms with van der Waals surface area (Å²) in [5.74, 6) is -0.519. The second-order valence-electron chi connectivity index (χ2n) is 5.04. The van der Waals surface area contributed by atoms with Crippen molar-refractivity contribution in [3.8, 4) is 0 Å². The van der Waals surface area contributed by atoms with Crippen LogP contribution < -0.4 is 10.9 Å². The van der Waals surface area contributed by atoms with Gasteiger partial charge in [0.25, 0.3) is 11.8 Å². The summed E-state index contributed by atoms with van der Waals surface area (Å²) in [6, 6.07) is 6.39. The Morgan fingerprint density at radius 1 is 1.14 bits per heavy atom. The van der Waals surface area contributed by atoms with E-state index >= 15 is 0 Å². The fraction of sp³-hybridized carbons (Fsp3) is 0.267. The summed E-state index contributed by atoms with van der Waals surface area (Å²) in [4.78, 5) is 28.9. The lowest BCUT2D eigenvalue weighted by Gasteiger charge is -2.06. The molecule has 0 fully saturated rings. The van der Waals surface area contributed by atoms with Crippen molar-refractivity contribution in [3.05, 3.63) is 50.4 Å². The van der Waals surface area contributed by atoms with Gasteiger partial charge in [0.05, 0.1) is 10.7 Å². The summed E-state index contributed by atoms with van der Waals surface area (Å²) in [5, 5.41) is 1.44. The van der Waals surface area contributed by atoms with Crippen LogP contribution in [0.15, 0.2) is 24.3 Å². The molecular formula is C15H16ClN3O2S. The van der Waals surface area contributed by atoms with Crippen LogP contribution in [0.3, 0.4) is 0 Å². The molecule has 0 atom stereocenters. The van der Waals surface area contributed by atoms with Crippen LogP contribution in [0.2, 0.25) is 5.02 Å². The first-order chi connectivity index (χ1) is 10.4. The first-order valence-corrected chi connectivity index (χ1v) is 7.91. The van der Waals surface area contributed by atoms with Gasteiger partial charge < -0.3 is 0 Å². The lowest BCUT2D eigenvalue weighted by Crippen LogP contribution is -2.41. The molecule has 5 nitrogen and oxygen atoms in total. The Bertz CT molecular complexity index is 695. The van der Waals surface area contributed by atoms with Crippen LogP contribution in [-0.2, 0) is 0 Å². The van der Waals surface area contributed by atoms with Gasteiger partial charge >= 0.3 is 0 Å². The van der Waals surface area contributed by atoms with Gasteiger partial charge in [-0.15, -0.1) is 11.3 Å². The van der Waals surface area contributed by atoms with Crippen molar-refractivity contribution in [2.24, 2.45) is 0 Å². The third-order valence-corrected chi connectivity index (χ3v) is 4.62. The summed E-state index contributed by atoms with van der Waals surface area (Å²) < 4.78 is 0. The van der Waals surface area contributed by atoms with Gasteiger partial charge in [-0.2, -0.15) is 0 Å². The second-order valence-corrected chi connectivity index (χ2v) is 6.50. The molecule has 0 bridgehead atoms. The number of hydrogen-bond acceptors (Lipinski definition) is 4. The topological polar surface area (TPSA) is 71.1 Å². The van der Waals surface area contributed by atoms with E-state index in [0.717, 1.165) is 5.01 Å². The monoisotopic (exact) mass is 337 g/mol. The number of carbonyl (C=O) groups is 2. The van der Waals surface area contributed by atoms with E-state index < -0.39 is 5.91 Å². The van der Waals surface area contributed by atoms with Crippen molar-refractivity contribution in [3.63, 3.8) is 0 Å². The standard InChI is InChI=1S/C15H16ClN3O2S/c1-8(2)15-17-9(3)12(22-15)14(21)19-18-13(20)10-4-6-11(16)7-5-10/h4-8H,1-3H3,(H,18,20)(H,19,21). The van der Waals surface area contributed by atoms with Crippen LogP contribution in [0, 0.1) is 6.92 Å². The van der Waals surface area contributed by atoms with Crippen molar-refractivity contribution in [2.45, 2.75) is 26.7 Å². The summed E-state index contributed by atoms with van der Waals surface area (Å²) in [6.45, 7) is 5.81. The molecule has 2 aromatic rings. The van der Waals surface area contributed by atoms with Crippen molar-refractivity contribution in [1.82, 2.24) is 15.8 Å². The molecule has 1 aromatic heterocycles. The fourth-order valence-electron chi connectivity index (χ4n) is 1.72. The molecule has 1 aromatic carbocycles. The Morgan fingerprint density at radius 2 is 1.73 bits per heavy atom. The molecule has 2 amide bonds. The Kier molecular flexibility index (Phi) is 5.15. The number of benzene rings is 1. The molecule has 7 heteroatoms. The molecule has 0 unspecified atom stereocenters. The number of nitrogens with zero attached hydrogens (tertiary/aromatic N) is 1. The van der Waals surface area contributed by atoms with Crippen LogP contribution in [-0.4, -0.2) is 16.8 Å². The van der Waals surface area contributed by atoms with E-state index in [2.05, 4.69) is 15.8 Å². The number of aryl methyl sites for hydroxylation is 1. The van der Waals surface area contributed by atoms with E-state index in [1.54, 1.807) is 31.2 Å². The van der Waals surface area contributed by atoms with Crippen LogP contribution in [0.25, 0.3) is 0 Å². The van der Waals surface area contributed by atoms with Crippen LogP contribution in [0.5, 0.6) is 0 Å². The average molecular weight is 338 g/mol. The minimum Gasteiger partial charge on any atom is -0.267 e. The molecule has 0 saturated heterocycles. The second kappa shape index (κ2) is 6.89. The summed E-state index contributed by atoms with van der Waals surface area (Å²) in [6.07, 6.45) is 0. The Morgan fingerprint density at radius 3 is 2.27 bits per heavy atom. The van der Waals surface area contributed by atoms with E-state index in [1.165, 1.54) is 11.3 Å². The minimum absolute atomic E-state index is 0.258. The number of hydrazine groups is 1. The molecule has 1 heterocycles. The molecule has 0 spiro atoms. The number of aromatic nitrogens is 1. The molecule has 0 aliphatic heterocycles. The van der Waals surface area contributed by atoms with Crippen molar-refractivity contribution >= 4 is 34.8 Å². The first-order valence-electron chi connectivity index (χ1n) is 6.72. The predicted octanol–water partition coefficient (Wildman–Crippen LogP) is 3.30. The smallest absolute Gasteiger partial charge is 0.267 e. The van der Waals surface area contributed by atoms with E-state index in [-0.39, 0.29) is 11.8 Å². The molecule has 0 aliphatic carbocycles. The molecule has 0 radical (unpaired) electrons. The predicted molar refractivity (Wildman–Crippen MR) is 87.3 cm³/mol. The molecule has 116 valence electrons. The van der Waals surface area contributed by atoms with Crippen molar-refractivity contribution in [2.75, 3.05) is 0 Å². The summed E-state index contributed by atoms with van der Waals surface area (Å²) in [7, 11) is 0. The van der Waals surface area contributed by atoms with Gasteiger partial charge in [0, 0.05) is 16.5 Å². The first kappa shape index (κ1) is 16.5. The van der Waals surface area contributed by atoms with Gasteiger partial charge in [-0.25, -0.2) is 4.98 Å². The lowest BCUT2D eigenvalue weighted by molar-refractivity contribution is 0.0848. The molecular weight excluding hydrogens is 322 g/mol. The van der Waals surface area contributed by atoms with Gasteiger partial charge in [-0.05, 0) is 31.2 Å². The Labute approximate surface area is 137 Å². The normalized spacial score (nSPS) is 10.6. The number of hydrogen-bond donors (Lipinski definition) is 2. The van der Waals surface area contributed by atoms with E-state index in [9.17, 15) is 9.59 Å². The van der Waals surface area contributed by atoms with Crippen molar-refractivity contribution in [1.29, 1.82) is 0 Å². The molecule has 2 rings (SSSR count). The van der Waals surface area contributed by atoms with E-state index in [4.69, 9.17) is 11.6 Å².